The van der Waals surface area contributed by atoms with Crippen LogP contribution in [0.25, 0.3) is 5.69 Å². The van der Waals surface area contributed by atoms with Crippen molar-refractivity contribution in [2.75, 3.05) is 11.4 Å². The van der Waals surface area contributed by atoms with Gasteiger partial charge in [0, 0.05) is 30.0 Å². The van der Waals surface area contributed by atoms with Gasteiger partial charge in [-0.25, -0.2) is 9.07 Å². The van der Waals surface area contributed by atoms with E-state index in [2.05, 4.69) is 0 Å². The lowest BCUT2D eigenvalue weighted by molar-refractivity contribution is -0.123. The Labute approximate surface area is 216 Å². The quantitative estimate of drug-likeness (QED) is 0.279. The minimum absolute atomic E-state index is 0.0555. The van der Waals surface area contributed by atoms with Crippen molar-refractivity contribution in [3.8, 4) is 5.69 Å². The van der Waals surface area contributed by atoms with E-state index in [-0.39, 0.29) is 23.9 Å². The lowest BCUT2D eigenvalue weighted by Crippen LogP contribution is -2.45. The highest BCUT2D eigenvalue weighted by molar-refractivity contribution is 6.04. The van der Waals surface area contributed by atoms with Gasteiger partial charge in [0.05, 0.1) is 17.3 Å². The normalized spacial score (nSPS) is 17.1. The molecule has 2 atom stereocenters. The average molecular weight is 496 g/mol. The highest BCUT2D eigenvalue weighted by Gasteiger charge is 2.45. The van der Waals surface area contributed by atoms with E-state index in [1.54, 1.807) is 23.1 Å². The number of aryl methyl sites for hydroxylation is 2. The maximum atomic E-state index is 14.2. The van der Waals surface area contributed by atoms with Gasteiger partial charge in [-0.3, -0.25) is 14.5 Å². The molecule has 1 aliphatic heterocycles. The summed E-state index contributed by atoms with van der Waals surface area (Å²) in [6.07, 6.45) is 0.809. The molecular weight excluding hydrogens is 465 g/mol. The van der Waals surface area contributed by atoms with Crippen LogP contribution in [0.1, 0.15) is 58.4 Å². The third kappa shape index (κ3) is 4.59. The summed E-state index contributed by atoms with van der Waals surface area (Å²) in [5.74, 6) is -0.872. The van der Waals surface area contributed by atoms with E-state index >= 15 is 0 Å². The van der Waals surface area contributed by atoms with Gasteiger partial charge in [-0.2, -0.15) is 5.10 Å². The first-order valence-corrected chi connectivity index (χ1v) is 12.7. The van der Waals surface area contributed by atoms with Crippen molar-refractivity contribution in [1.82, 2.24) is 9.78 Å². The highest BCUT2D eigenvalue weighted by atomic mass is 19.1. The molecule has 6 heteroatoms. The number of halogens is 1. The van der Waals surface area contributed by atoms with E-state index in [9.17, 15) is 14.0 Å². The highest BCUT2D eigenvalue weighted by Crippen LogP contribution is 2.47. The minimum Gasteiger partial charge on any atom is -0.296 e. The van der Waals surface area contributed by atoms with Crippen LogP contribution in [-0.4, -0.2) is 28.0 Å². The van der Waals surface area contributed by atoms with Crippen LogP contribution < -0.4 is 4.90 Å². The maximum Gasteiger partial charge on any atom is 0.232 e. The molecule has 1 aromatic heterocycles. The number of nitrogens with zero attached hydrogens (tertiary/aromatic N) is 3. The number of fused-ring (bicyclic) bond motifs is 1. The fraction of sp³-hybridized carbons (Fsp3) is 0.258. The van der Waals surface area contributed by atoms with Gasteiger partial charge in [-0.1, -0.05) is 61.0 Å². The molecule has 4 aromatic rings. The van der Waals surface area contributed by atoms with Crippen LogP contribution in [0.15, 0.2) is 78.9 Å². The molecule has 1 amide bonds. The lowest BCUT2D eigenvalue weighted by Gasteiger charge is -2.38. The molecule has 1 aliphatic rings. The van der Waals surface area contributed by atoms with Crippen LogP contribution in [0.2, 0.25) is 0 Å². The Morgan fingerprint density at radius 2 is 1.70 bits per heavy atom. The summed E-state index contributed by atoms with van der Waals surface area (Å²) >= 11 is 0. The molecule has 37 heavy (non-hydrogen) atoms. The number of hydrogen-bond donors (Lipinski definition) is 0. The Kier molecular flexibility index (Phi) is 6.74. The van der Waals surface area contributed by atoms with E-state index in [1.807, 2.05) is 74.0 Å². The predicted molar refractivity (Wildman–Crippen MR) is 143 cm³/mol. The van der Waals surface area contributed by atoms with Gasteiger partial charge in [0.1, 0.15) is 11.6 Å². The zero-order valence-corrected chi connectivity index (χ0v) is 21.3. The zero-order valence-electron chi connectivity index (χ0n) is 21.3. The number of para-hydroxylation sites is 1. The summed E-state index contributed by atoms with van der Waals surface area (Å²) < 4.78 is 15.7. The number of Topliss-reactive ketones (excluding diaryl/α,β-unsaturated/α-hetero) is 1. The fourth-order valence-corrected chi connectivity index (χ4v) is 5.40. The number of carbonyl (C=O) groups is 2. The lowest BCUT2D eigenvalue weighted by atomic mass is 9.74. The molecule has 0 unspecified atom stereocenters. The Bertz CT molecular complexity index is 1440. The molecular formula is C31H30FN3O2. The number of amides is 1. The van der Waals surface area contributed by atoms with Crippen LogP contribution in [0, 0.1) is 25.6 Å². The van der Waals surface area contributed by atoms with E-state index in [0.29, 0.717) is 12.1 Å². The Balaban J connectivity index is 1.69. The number of benzene rings is 3. The molecule has 0 N–H and O–H groups in total. The van der Waals surface area contributed by atoms with Gasteiger partial charge in [-0.15, -0.1) is 0 Å². The number of rotatable bonds is 7. The van der Waals surface area contributed by atoms with Gasteiger partial charge in [0.2, 0.25) is 5.91 Å². The van der Waals surface area contributed by atoms with E-state index in [0.717, 1.165) is 40.3 Å². The predicted octanol–water partition coefficient (Wildman–Crippen LogP) is 6.41. The van der Waals surface area contributed by atoms with Crippen molar-refractivity contribution < 1.29 is 14.0 Å². The zero-order chi connectivity index (χ0) is 26.1. The third-order valence-corrected chi connectivity index (χ3v) is 7.06. The van der Waals surface area contributed by atoms with Crippen molar-refractivity contribution in [2.45, 2.75) is 39.5 Å². The minimum atomic E-state index is -0.635. The van der Waals surface area contributed by atoms with Gasteiger partial charge in [-0.05, 0) is 56.2 Å². The third-order valence-electron chi connectivity index (χ3n) is 7.06. The molecule has 5 nitrogen and oxygen atoms in total. The molecule has 0 saturated carbocycles. The summed E-state index contributed by atoms with van der Waals surface area (Å²) in [6, 6.07) is 23.5. The topological polar surface area (TPSA) is 55.2 Å². The van der Waals surface area contributed by atoms with Crippen LogP contribution in [0.3, 0.4) is 0 Å². The van der Waals surface area contributed by atoms with Crippen molar-refractivity contribution in [2.24, 2.45) is 5.92 Å². The second-order valence-corrected chi connectivity index (χ2v) is 9.69. The first-order valence-electron chi connectivity index (χ1n) is 12.7. The summed E-state index contributed by atoms with van der Waals surface area (Å²) in [6.45, 7) is 6.42. The average Bonchev–Trinajstić information content (AvgIpc) is 3.24. The van der Waals surface area contributed by atoms with Crippen LogP contribution in [-0.2, 0) is 4.79 Å². The number of anilines is 1. The van der Waals surface area contributed by atoms with Gasteiger partial charge in [0.25, 0.3) is 0 Å². The van der Waals surface area contributed by atoms with Crippen LogP contribution in [0.4, 0.5) is 10.2 Å². The Morgan fingerprint density at radius 1 is 0.973 bits per heavy atom. The van der Waals surface area contributed by atoms with Gasteiger partial charge in [0.15, 0.2) is 5.78 Å². The maximum absolute atomic E-state index is 14.2. The van der Waals surface area contributed by atoms with Crippen molar-refractivity contribution >= 4 is 17.5 Å². The van der Waals surface area contributed by atoms with Crippen LogP contribution in [0.5, 0.6) is 0 Å². The molecule has 0 fully saturated rings. The number of carbonyl (C=O) groups excluding carboxylic acids is 2. The summed E-state index contributed by atoms with van der Waals surface area (Å²) in [5, 5.41) is 4.87. The van der Waals surface area contributed by atoms with E-state index < -0.39 is 11.8 Å². The SMILES string of the molecule is CCCN1C(=O)[C@@H](CC(=O)c2cccc(C)c2)[C@@H](c2ccc(F)cc2)c2c(C)nn(-c3ccccc3)c21. The fourth-order valence-electron chi connectivity index (χ4n) is 5.40. The Morgan fingerprint density at radius 3 is 2.38 bits per heavy atom. The molecule has 0 saturated heterocycles. The largest absolute Gasteiger partial charge is 0.296 e. The molecule has 0 bridgehead atoms. The first-order chi connectivity index (χ1) is 17.9. The molecule has 0 aliphatic carbocycles. The van der Waals surface area contributed by atoms with Crippen molar-refractivity contribution in [1.29, 1.82) is 0 Å². The molecule has 2 heterocycles. The van der Waals surface area contributed by atoms with Gasteiger partial charge >= 0.3 is 0 Å². The van der Waals surface area contributed by atoms with E-state index in [4.69, 9.17) is 5.10 Å². The standard InChI is InChI=1S/C31H30FN3O2/c1-4-17-34-30-28(21(3)33-35(30)25-11-6-5-7-12-25)29(22-13-15-24(32)16-14-22)26(31(34)37)19-27(36)23-10-8-9-20(2)18-23/h5-16,18,26,29H,4,17,19H2,1-3H3/t26-,29+/m0/s1. The summed E-state index contributed by atoms with van der Waals surface area (Å²) in [4.78, 5) is 29.5. The number of ketones is 1. The number of hydrogen-bond acceptors (Lipinski definition) is 3. The van der Waals surface area contributed by atoms with Crippen molar-refractivity contribution in [3.05, 3.63) is 113 Å². The Hall–Kier alpha value is -4.06. The molecule has 0 radical (unpaired) electrons. The second kappa shape index (κ2) is 10.1. The van der Waals surface area contributed by atoms with E-state index in [1.165, 1.54) is 12.1 Å². The molecule has 5 rings (SSSR count). The second-order valence-electron chi connectivity index (χ2n) is 9.69. The van der Waals surface area contributed by atoms with Gasteiger partial charge < -0.3 is 0 Å². The molecule has 3 aromatic carbocycles. The summed E-state index contributed by atoms with van der Waals surface area (Å²) in [5.41, 5.74) is 4.93. The smallest absolute Gasteiger partial charge is 0.232 e. The monoisotopic (exact) mass is 495 g/mol. The first kappa shape index (κ1) is 24.6. The molecule has 188 valence electrons. The summed E-state index contributed by atoms with van der Waals surface area (Å²) in [7, 11) is 0. The number of aromatic nitrogens is 2. The van der Waals surface area contributed by atoms with Crippen LogP contribution >= 0.6 is 0 Å². The van der Waals surface area contributed by atoms with Crippen molar-refractivity contribution in [3.63, 3.8) is 0 Å². The molecule has 0 spiro atoms.